The zero-order chi connectivity index (χ0) is 45.7. The summed E-state index contributed by atoms with van der Waals surface area (Å²) in [5, 5.41) is 2.26. The minimum absolute atomic E-state index is 0. The van der Waals surface area contributed by atoms with Crippen LogP contribution in [0.4, 0.5) is 43.7 Å². The number of hydrogen-bond donors (Lipinski definition) is 1. The topological polar surface area (TPSA) is 115 Å². The lowest BCUT2D eigenvalue weighted by Gasteiger charge is -2.40. The molecular formula is C48H60F6N6O4. The number of pyridine rings is 2. The van der Waals surface area contributed by atoms with Crippen molar-refractivity contribution in [2.24, 2.45) is 5.34 Å². The van der Waals surface area contributed by atoms with Gasteiger partial charge < -0.3 is 29.8 Å². The van der Waals surface area contributed by atoms with Gasteiger partial charge in [0.25, 0.3) is 0 Å². The lowest BCUT2D eigenvalue weighted by molar-refractivity contribution is -0.138. The van der Waals surface area contributed by atoms with Gasteiger partial charge >= 0.3 is 12.4 Å². The van der Waals surface area contributed by atoms with E-state index in [2.05, 4.69) is 55.6 Å². The molecule has 0 saturated carbocycles. The molecule has 2 aromatic heterocycles. The Morgan fingerprint density at radius 2 is 1.12 bits per heavy atom. The van der Waals surface area contributed by atoms with Crippen LogP contribution in [0, 0.1) is 18.8 Å². The Hall–Kier alpha value is -5.54. The monoisotopic (exact) mass is 898 g/mol. The maximum absolute atomic E-state index is 12.8. The SMILES string of the molecule is C.C=CCc1cc(C)ccc1OC1C[C@H]2CC[C@@H](C1)N2c1ccc(C(F)(F)F)cn1.CC(C)(C)ON=O.Cc1ccc(OC2C[C@H]3CC[C@@H](C2)N3c2ccc(C(F)(F)F)cn2)c(N)c1. The van der Waals surface area contributed by atoms with E-state index >= 15 is 0 Å². The summed E-state index contributed by atoms with van der Waals surface area (Å²) in [4.78, 5) is 26.2. The molecule has 4 aromatic rings. The number of alkyl halides is 6. The number of aryl methyl sites for hydroxylation is 2. The van der Waals surface area contributed by atoms with Gasteiger partial charge in [-0.05, 0) is 120 Å². The molecule has 64 heavy (non-hydrogen) atoms. The van der Waals surface area contributed by atoms with Crippen LogP contribution in [-0.4, -0.2) is 51.9 Å². The van der Waals surface area contributed by atoms with Gasteiger partial charge in [-0.3, -0.25) is 0 Å². The summed E-state index contributed by atoms with van der Waals surface area (Å²) in [6.45, 7) is 13.2. The van der Waals surface area contributed by atoms with Crippen molar-refractivity contribution in [3.05, 3.63) is 118 Å². The number of aromatic nitrogens is 2. The van der Waals surface area contributed by atoms with Gasteiger partial charge in [0.05, 0.1) is 16.8 Å². The Kier molecular flexibility index (Phi) is 15.9. The average Bonchev–Trinajstić information content (AvgIpc) is 3.63. The van der Waals surface area contributed by atoms with E-state index in [9.17, 15) is 31.2 Å². The fraction of sp³-hybridized carbons (Fsp3) is 0.500. The minimum atomic E-state index is -4.36. The molecule has 4 fully saturated rings. The third-order valence-electron chi connectivity index (χ3n) is 11.7. The minimum Gasteiger partial charge on any atom is -0.490 e. The fourth-order valence-corrected chi connectivity index (χ4v) is 8.99. The van der Waals surface area contributed by atoms with Crippen LogP contribution in [0.1, 0.15) is 107 Å². The molecule has 0 spiro atoms. The van der Waals surface area contributed by atoms with Crippen LogP contribution in [0.25, 0.3) is 0 Å². The van der Waals surface area contributed by atoms with Gasteiger partial charge in [0.2, 0.25) is 0 Å². The van der Waals surface area contributed by atoms with Gasteiger partial charge in [-0.15, -0.1) is 11.5 Å². The highest BCUT2D eigenvalue weighted by Crippen LogP contribution is 2.43. The van der Waals surface area contributed by atoms with Crippen molar-refractivity contribution in [3.8, 4) is 11.5 Å². The first-order chi connectivity index (χ1) is 29.7. The summed E-state index contributed by atoms with van der Waals surface area (Å²) in [6.07, 6.45) is 3.27. The van der Waals surface area contributed by atoms with Crippen LogP contribution >= 0.6 is 0 Å². The van der Waals surface area contributed by atoms with Crippen molar-refractivity contribution >= 4 is 17.3 Å². The molecule has 2 aromatic carbocycles. The molecule has 4 saturated heterocycles. The number of piperidine rings is 2. The smallest absolute Gasteiger partial charge is 0.417 e. The molecule has 6 heterocycles. The zero-order valence-corrected chi connectivity index (χ0v) is 36.3. The molecule has 2 N–H and O–H groups in total. The highest BCUT2D eigenvalue weighted by atomic mass is 19.4. The number of rotatable bonds is 9. The summed E-state index contributed by atoms with van der Waals surface area (Å²) in [5.41, 5.74) is 8.25. The van der Waals surface area contributed by atoms with Crippen molar-refractivity contribution in [1.29, 1.82) is 0 Å². The van der Waals surface area contributed by atoms with Gasteiger partial charge in [-0.2, -0.15) is 26.3 Å². The Balaban J connectivity index is 0.000000207. The predicted octanol–water partition coefficient (Wildman–Crippen LogP) is 12.4. The molecule has 10 nitrogen and oxygen atoms in total. The highest BCUT2D eigenvalue weighted by molar-refractivity contribution is 5.54. The van der Waals surface area contributed by atoms with Crippen molar-refractivity contribution in [3.63, 3.8) is 0 Å². The molecule has 2 unspecified atom stereocenters. The third-order valence-corrected chi connectivity index (χ3v) is 11.7. The number of halogens is 6. The van der Waals surface area contributed by atoms with Gasteiger partial charge in [0.1, 0.15) is 40.9 Å². The maximum Gasteiger partial charge on any atom is 0.417 e. The Morgan fingerprint density at radius 1 is 0.703 bits per heavy atom. The van der Waals surface area contributed by atoms with E-state index in [4.69, 9.17) is 15.2 Å². The van der Waals surface area contributed by atoms with Gasteiger partial charge in [-0.25, -0.2) is 9.97 Å². The average molecular weight is 899 g/mol. The van der Waals surface area contributed by atoms with E-state index < -0.39 is 29.1 Å². The zero-order valence-electron chi connectivity index (χ0n) is 36.3. The highest BCUT2D eigenvalue weighted by Gasteiger charge is 2.44. The number of benzene rings is 2. The second kappa shape index (κ2) is 20.5. The predicted molar refractivity (Wildman–Crippen MR) is 238 cm³/mol. The molecule has 348 valence electrons. The van der Waals surface area contributed by atoms with E-state index in [1.165, 1.54) is 17.7 Å². The van der Waals surface area contributed by atoms with Crippen molar-refractivity contribution in [2.45, 2.75) is 154 Å². The summed E-state index contributed by atoms with van der Waals surface area (Å²) >= 11 is 0. The molecule has 0 radical (unpaired) electrons. The largest absolute Gasteiger partial charge is 0.490 e. The summed E-state index contributed by atoms with van der Waals surface area (Å²) in [7, 11) is 0. The van der Waals surface area contributed by atoms with E-state index in [1.54, 1.807) is 20.8 Å². The molecule has 4 aliphatic heterocycles. The van der Waals surface area contributed by atoms with Crippen molar-refractivity contribution < 1.29 is 40.7 Å². The van der Waals surface area contributed by atoms with E-state index in [1.807, 2.05) is 37.3 Å². The number of fused-ring (bicyclic) bond motifs is 4. The van der Waals surface area contributed by atoms with Gasteiger partial charge in [-0.1, -0.05) is 37.3 Å². The van der Waals surface area contributed by atoms with E-state index in [0.29, 0.717) is 23.1 Å². The Labute approximate surface area is 372 Å². The molecule has 0 amide bonds. The molecular weight excluding hydrogens is 839 g/mol. The maximum atomic E-state index is 12.8. The van der Waals surface area contributed by atoms with Crippen LogP contribution < -0.4 is 25.0 Å². The molecule has 8 rings (SSSR count). The van der Waals surface area contributed by atoms with E-state index in [0.717, 1.165) is 99.2 Å². The second-order valence-corrected chi connectivity index (χ2v) is 17.7. The number of allylic oxidation sites excluding steroid dienone is 1. The number of nitrogens with zero attached hydrogens (tertiary/aromatic N) is 5. The first-order valence-electron chi connectivity index (χ1n) is 21.3. The number of ether oxygens (including phenoxy) is 2. The first-order valence-corrected chi connectivity index (χ1v) is 21.3. The molecule has 6 atom stereocenters. The summed E-state index contributed by atoms with van der Waals surface area (Å²) in [6, 6.07) is 18.1. The summed E-state index contributed by atoms with van der Waals surface area (Å²) in [5.74, 6) is 2.85. The Morgan fingerprint density at radius 3 is 1.47 bits per heavy atom. The van der Waals surface area contributed by atoms with Crippen molar-refractivity contribution in [1.82, 2.24) is 9.97 Å². The normalized spacial score (nSPS) is 22.5. The van der Waals surface area contributed by atoms with Crippen LogP contribution in [0.15, 0.2) is 91.1 Å². The second-order valence-electron chi connectivity index (χ2n) is 17.7. The Bertz CT molecular complexity index is 2130. The number of hydrogen-bond acceptors (Lipinski definition) is 10. The van der Waals surface area contributed by atoms with Crippen LogP contribution in [-0.2, 0) is 23.6 Å². The van der Waals surface area contributed by atoms with Crippen molar-refractivity contribution in [2.75, 3.05) is 15.5 Å². The number of nitrogen functional groups attached to an aromatic ring is 1. The van der Waals surface area contributed by atoms with Gasteiger partial charge in [0.15, 0.2) is 5.34 Å². The lowest BCUT2D eigenvalue weighted by Crippen LogP contribution is -2.46. The fourth-order valence-electron chi connectivity index (χ4n) is 8.99. The van der Waals surface area contributed by atoms with E-state index in [-0.39, 0.29) is 43.8 Å². The molecule has 0 aliphatic carbocycles. The molecule has 4 aliphatic rings. The number of anilines is 3. The molecule has 16 heteroatoms. The summed E-state index contributed by atoms with van der Waals surface area (Å²) < 4.78 is 89.3. The third kappa shape index (κ3) is 12.6. The van der Waals surface area contributed by atoms with Gasteiger partial charge in [0, 0.05) is 62.2 Å². The van der Waals surface area contributed by atoms with Crippen LogP contribution in [0.2, 0.25) is 0 Å². The number of nitrogens with two attached hydrogens (primary N) is 1. The van der Waals surface area contributed by atoms with Crippen LogP contribution in [0.5, 0.6) is 11.5 Å². The molecule has 4 bridgehead atoms. The van der Waals surface area contributed by atoms with Crippen LogP contribution in [0.3, 0.4) is 0 Å². The standard InChI is InChI=1S/C23H25F3N2O.C20H22F3N3O.C4H9NO2.CH4/c1-3-4-16-11-15(2)5-9-21(16)29-20-12-18-7-8-19(13-20)28(18)22-10-6-17(14-27-22)23(24,25)26;1-12-2-6-18(17(24)8-12)27-16-9-14-4-5-15(10-16)26(14)19-7-3-13(11-25-19)20(21,22)23;1-4(2,3)7-5-6;/h3,5-6,9-11,14,18-20H,1,4,7-8,12-13H2,2H3;2-3,6-8,11,14-16H,4-5,9-10,24H2,1H3;1-3H3;1H4/t18-,19+,20?;14-,15+,16?;;. The quantitative estimate of drug-likeness (QED) is 0.0576. The lowest BCUT2D eigenvalue weighted by atomic mass is 9.99. The first kappa shape index (κ1) is 49.5.